The number of benzene rings is 1. The number of nitriles is 1. The molecule has 0 aliphatic carbocycles. The van der Waals surface area contributed by atoms with Crippen LogP contribution < -0.4 is 5.32 Å². The third kappa shape index (κ3) is 4.01. The maximum atomic E-state index is 12.6. The number of nitrogens with one attached hydrogen (secondary N) is 2. The van der Waals surface area contributed by atoms with Crippen molar-refractivity contribution in [1.82, 2.24) is 25.5 Å². The van der Waals surface area contributed by atoms with E-state index in [4.69, 9.17) is 5.26 Å². The molecule has 1 amide bonds. The minimum Gasteiger partial charge on any atom is -0.360 e. The average Bonchev–Trinajstić information content (AvgIpc) is 3.17. The van der Waals surface area contributed by atoms with Crippen LogP contribution in [-0.2, 0) is 0 Å². The van der Waals surface area contributed by atoms with Gasteiger partial charge < -0.3 is 10.2 Å². The molecule has 0 radical (unpaired) electrons. The molecule has 1 aromatic heterocycles. The van der Waals surface area contributed by atoms with E-state index in [2.05, 4.69) is 32.9 Å². The van der Waals surface area contributed by atoms with Crippen molar-refractivity contribution in [3.8, 4) is 6.07 Å². The molecular weight excluding hydrogens is 318 g/mol. The summed E-state index contributed by atoms with van der Waals surface area (Å²) in [5, 5.41) is 25.5. The summed E-state index contributed by atoms with van der Waals surface area (Å²) < 4.78 is 0. The zero-order valence-corrected chi connectivity index (χ0v) is 13.9. The van der Waals surface area contributed by atoms with Crippen LogP contribution in [0, 0.1) is 17.2 Å². The first-order valence-electron chi connectivity index (χ1n) is 8.17. The first kappa shape index (κ1) is 16.6. The van der Waals surface area contributed by atoms with Crippen LogP contribution in [-0.4, -0.2) is 44.5 Å². The van der Waals surface area contributed by atoms with E-state index in [0.717, 1.165) is 25.9 Å². The predicted molar refractivity (Wildman–Crippen MR) is 92.1 cm³/mol. The standard InChI is InChI=1S/C17H19N7O/c1-12-5-7-24(8-6-12)17(25)13-3-2-4-15(9-13)19-11-14(10-18)16-20-22-23-21-16/h2-4,9,11-12,19H,5-8H2,1H3,(H,20,21,22,23). The Morgan fingerprint density at radius 1 is 1.44 bits per heavy atom. The summed E-state index contributed by atoms with van der Waals surface area (Å²) in [5.41, 5.74) is 1.59. The lowest BCUT2D eigenvalue weighted by Gasteiger charge is -2.30. The molecule has 1 fully saturated rings. The van der Waals surface area contributed by atoms with Crippen molar-refractivity contribution >= 4 is 17.2 Å². The van der Waals surface area contributed by atoms with Crippen LogP contribution >= 0.6 is 0 Å². The van der Waals surface area contributed by atoms with Crippen molar-refractivity contribution < 1.29 is 4.79 Å². The molecule has 25 heavy (non-hydrogen) atoms. The quantitative estimate of drug-likeness (QED) is 0.826. The Labute approximate surface area is 145 Å². The molecule has 1 aromatic carbocycles. The van der Waals surface area contributed by atoms with Crippen LogP contribution in [0.25, 0.3) is 5.57 Å². The summed E-state index contributed by atoms with van der Waals surface area (Å²) in [5.74, 6) is 0.930. The van der Waals surface area contributed by atoms with Crippen molar-refractivity contribution in [3.05, 3.63) is 41.9 Å². The summed E-state index contributed by atoms with van der Waals surface area (Å²) in [6.45, 7) is 3.82. The maximum absolute atomic E-state index is 12.6. The van der Waals surface area contributed by atoms with Crippen LogP contribution in [0.4, 0.5) is 5.69 Å². The SMILES string of the molecule is CC1CCN(C(=O)c2cccc(NC=C(C#N)c3nn[nH]n3)c2)CC1. The number of carbonyl (C=O) groups is 1. The molecule has 0 saturated carbocycles. The Morgan fingerprint density at radius 2 is 2.24 bits per heavy atom. The van der Waals surface area contributed by atoms with Gasteiger partial charge >= 0.3 is 0 Å². The minimum absolute atomic E-state index is 0.0400. The summed E-state index contributed by atoms with van der Waals surface area (Å²) >= 11 is 0. The highest BCUT2D eigenvalue weighted by atomic mass is 16.2. The highest BCUT2D eigenvalue weighted by Gasteiger charge is 2.21. The molecule has 1 aliphatic rings. The van der Waals surface area contributed by atoms with Crippen LogP contribution in [0.5, 0.6) is 0 Å². The zero-order chi connectivity index (χ0) is 17.6. The second-order valence-corrected chi connectivity index (χ2v) is 6.11. The van der Waals surface area contributed by atoms with Gasteiger partial charge in [-0.3, -0.25) is 4.79 Å². The van der Waals surface area contributed by atoms with Crippen molar-refractivity contribution in [2.24, 2.45) is 5.92 Å². The molecule has 0 atom stereocenters. The Hall–Kier alpha value is -3.21. The fourth-order valence-electron chi connectivity index (χ4n) is 2.71. The summed E-state index contributed by atoms with van der Waals surface area (Å²) in [6.07, 6.45) is 3.59. The lowest BCUT2D eigenvalue weighted by atomic mass is 9.98. The number of allylic oxidation sites excluding steroid dienone is 1. The Kier molecular flexibility index (Phi) is 5.04. The summed E-state index contributed by atoms with van der Waals surface area (Å²) in [7, 11) is 0. The van der Waals surface area contributed by atoms with E-state index < -0.39 is 0 Å². The number of piperidine rings is 1. The second kappa shape index (κ2) is 7.57. The first-order valence-corrected chi connectivity index (χ1v) is 8.17. The van der Waals surface area contributed by atoms with Gasteiger partial charge in [0.05, 0.1) is 0 Å². The molecule has 128 valence electrons. The Morgan fingerprint density at radius 3 is 2.92 bits per heavy atom. The molecule has 2 aromatic rings. The number of tetrazole rings is 1. The molecule has 2 N–H and O–H groups in total. The van der Waals surface area contributed by atoms with Crippen molar-refractivity contribution in [2.45, 2.75) is 19.8 Å². The smallest absolute Gasteiger partial charge is 0.253 e. The van der Waals surface area contributed by atoms with Gasteiger partial charge in [0, 0.05) is 30.5 Å². The monoisotopic (exact) mass is 337 g/mol. The van der Waals surface area contributed by atoms with Gasteiger partial charge in [0.15, 0.2) is 0 Å². The third-order valence-corrected chi connectivity index (χ3v) is 4.27. The van der Waals surface area contributed by atoms with Crippen LogP contribution in [0.1, 0.15) is 35.9 Å². The van der Waals surface area contributed by atoms with E-state index in [1.807, 2.05) is 23.1 Å². The number of nitrogens with zero attached hydrogens (tertiary/aromatic N) is 5. The molecule has 2 heterocycles. The lowest BCUT2D eigenvalue weighted by Crippen LogP contribution is -2.37. The highest BCUT2D eigenvalue weighted by molar-refractivity contribution is 5.95. The molecule has 8 nitrogen and oxygen atoms in total. The fraction of sp³-hybridized carbons (Fsp3) is 0.353. The molecule has 3 rings (SSSR count). The highest BCUT2D eigenvalue weighted by Crippen LogP contribution is 2.20. The Bertz CT molecular complexity index is 799. The number of anilines is 1. The van der Waals surface area contributed by atoms with Gasteiger partial charge in [-0.25, -0.2) is 0 Å². The molecule has 0 bridgehead atoms. The number of aromatic nitrogens is 4. The lowest BCUT2D eigenvalue weighted by molar-refractivity contribution is 0.0697. The second-order valence-electron chi connectivity index (χ2n) is 6.11. The first-order chi connectivity index (χ1) is 12.2. The number of amides is 1. The van der Waals surface area contributed by atoms with E-state index in [0.29, 0.717) is 17.2 Å². The largest absolute Gasteiger partial charge is 0.360 e. The molecule has 1 saturated heterocycles. The minimum atomic E-state index is 0.0400. The van der Waals surface area contributed by atoms with Gasteiger partial charge in [-0.05, 0) is 42.2 Å². The number of rotatable bonds is 4. The van der Waals surface area contributed by atoms with Crippen LogP contribution in [0.3, 0.4) is 0 Å². The average molecular weight is 337 g/mol. The number of hydrogen-bond donors (Lipinski definition) is 2. The predicted octanol–water partition coefficient (Wildman–Crippen LogP) is 2.05. The van der Waals surface area contributed by atoms with Gasteiger partial charge in [-0.2, -0.15) is 10.5 Å². The molecular formula is C17H19N7O. The van der Waals surface area contributed by atoms with Gasteiger partial charge in [0.25, 0.3) is 5.91 Å². The Balaban J connectivity index is 1.71. The zero-order valence-electron chi connectivity index (χ0n) is 13.9. The van der Waals surface area contributed by atoms with Gasteiger partial charge in [0.2, 0.25) is 5.82 Å². The number of H-pyrrole nitrogens is 1. The third-order valence-electron chi connectivity index (χ3n) is 4.27. The van der Waals surface area contributed by atoms with Gasteiger partial charge in [-0.1, -0.05) is 13.0 Å². The van der Waals surface area contributed by atoms with Gasteiger partial charge in [0.1, 0.15) is 11.6 Å². The van der Waals surface area contributed by atoms with Crippen LogP contribution in [0.15, 0.2) is 30.5 Å². The van der Waals surface area contributed by atoms with Crippen molar-refractivity contribution in [1.29, 1.82) is 5.26 Å². The van der Waals surface area contributed by atoms with E-state index in [1.165, 1.54) is 6.20 Å². The number of likely N-dealkylation sites (tertiary alicyclic amines) is 1. The fourth-order valence-corrected chi connectivity index (χ4v) is 2.71. The van der Waals surface area contributed by atoms with E-state index >= 15 is 0 Å². The van der Waals surface area contributed by atoms with E-state index in [1.54, 1.807) is 12.1 Å². The van der Waals surface area contributed by atoms with Crippen LogP contribution in [0.2, 0.25) is 0 Å². The van der Waals surface area contributed by atoms with Crippen molar-refractivity contribution in [3.63, 3.8) is 0 Å². The molecule has 8 heteroatoms. The normalized spacial score (nSPS) is 15.7. The number of carbonyl (C=O) groups excluding carboxylic acids is 1. The molecule has 1 aliphatic heterocycles. The summed E-state index contributed by atoms with van der Waals surface area (Å²) in [6, 6.07) is 9.24. The maximum Gasteiger partial charge on any atom is 0.253 e. The number of hydrogen-bond acceptors (Lipinski definition) is 6. The van der Waals surface area contributed by atoms with Gasteiger partial charge in [-0.15, -0.1) is 10.2 Å². The summed E-state index contributed by atoms with van der Waals surface area (Å²) in [4.78, 5) is 14.5. The topological polar surface area (TPSA) is 111 Å². The van der Waals surface area contributed by atoms with Crippen molar-refractivity contribution in [2.75, 3.05) is 18.4 Å². The number of aromatic amines is 1. The molecule has 0 spiro atoms. The van der Waals surface area contributed by atoms with E-state index in [9.17, 15) is 4.79 Å². The van der Waals surface area contributed by atoms with E-state index in [-0.39, 0.29) is 17.3 Å². The molecule has 0 unspecified atom stereocenters.